The van der Waals surface area contributed by atoms with Gasteiger partial charge in [-0.15, -0.1) is 0 Å². The number of H-pyrrole nitrogens is 1. The molecule has 0 atom stereocenters. The van der Waals surface area contributed by atoms with Gasteiger partial charge in [-0.3, -0.25) is 4.79 Å². The van der Waals surface area contributed by atoms with E-state index in [0.29, 0.717) is 28.1 Å². The average molecular weight is 326 g/mol. The Balaban J connectivity index is 2.43. The first-order valence-corrected chi connectivity index (χ1v) is 6.65. The molecule has 2 rings (SSSR count). The van der Waals surface area contributed by atoms with Crippen LogP contribution in [0.5, 0.6) is 0 Å². The van der Waals surface area contributed by atoms with Gasteiger partial charge in [0.05, 0.1) is 5.69 Å². The summed E-state index contributed by atoms with van der Waals surface area (Å²) in [5.41, 5.74) is 0.904. The fourth-order valence-electron chi connectivity index (χ4n) is 1.68. The molecule has 0 radical (unpaired) electrons. The summed E-state index contributed by atoms with van der Waals surface area (Å²) in [5, 5.41) is 3.09. The maximum absolute atomic E-state index is 13.4. The smallest absolute Gasteiger partial charge is 0.251 e. The lowest BCUT2D eigenvalue weighted by molar-refractivity contribution is 0.627. The predicted octanol–water partition coefficient (Wildman–Crippen LogP) is 2.45. The summed E-state index contributed by atoms with van der Waals surface area (Å²) in [6.07, 6.45) is 0. The van der Waals surface area contributed by atoms with Gasteiger partial charge in [0.1, 0.15) is 11.6 Å². The lowest BCUT2D eigenvalue weighted by atomic mass is 10.2. The Hall–Kier alpha value is -1.53. The molecule has 100 valence electrons. The molecule has 19 heavy (non-hydrogen) atoms. The molecule has 0 saturated heterocycles. The van der Waals surface area contributed by atoms with Gasteiger partial charge in [-0.25, -0.2) is 9.37 Å². The standard InChI is InChI=1S/C13H13BrFN3O/c1-2-16-7-11-6-12(19)18-13(17-11)8-3-9(14)5-10(15)4-8/h3-6,16H,2,7H2,1H3,(H,17,18,19). The van der Waals surface area contributed by atoms with Crippen LogP contribution in [-0.2, 0) is 6.54 Å². The Morgan fingerprint density at radius 1 is 1.37 bits per heavy atom. The normalized spacial score (nSPS) is 10.7. The van der Waals surface area contributed by atoms with E-state index in [1.165, 1.54) is 18.2 Å². The van der Waals surface area contributed by atoms with E-state index in [1.807, 2.05) is 6.92 Å². The molecule has 0 unspecified atom stereocenters. The number of aromatic nitrogens is 2. The highest BCUT2D eigenvalue weighted by molar-refractivity contribution is 9.10. The van der Waals surface area contributed by atoms with Gasteiger partial charge in [-0.05, 0) is 24.7 Å². The molecule has 1 aromatic carbocycles. The van der Waals surface area contributed by atoms with E-state index in [1.54, 1.807) is 6.07 Å². The molecule has 0 aliphatic rings. The summed E-state index contributed by atoms with van der Waals surface area (Å²) in [4.78, 5) is 18.5. The maximum atomic E-state index is 13.4. The van der Waals surface area contributed by atoms with Gasteiger partial charge < -0.3 is 10.3 Å². The number of hydrogen-bond donors (Lipinski definition) is 2. The lowest BCUT2D eigenvalue weighted by Gasteiger charge is -2.05. The molecule has 0 saturated carbocycles. The highest BCUT2D eigenvalue weighted by Crippen LogP contribution is 2.21. The van der Waals surface area contributed by atoms with E-state index in [9.17, 15) is 9.18 Å². The van der Waals surface area contributed by atoms with Crippen LogP contribution in [0.4, 0.5) is 4.39 Å². The van der Waals surface area contributed by atoms with E-state index < -0.39 is 0 Å². The number of aromatic amines is 1. The SMILES string of the molecule is CCNCc1cc(=O)[nH]c(-c2cc(F)cc(Br)c2)n1. The number of nitrogens with one attached hydrogen (secondary N) is 2. The van der Waals surface area contributed by atoms with Gasteiger partial charge in [-0.1, -0.05) is 22.9 Å². The zero-order valence-corrected chi connectivity index (χ0v) is 11.9. The number of nitrogens with zero attached hydrogens (tertiary/aromatic N) is 1. The molecule has 1 heterocycles. The second kappa shape index (κ2) is 6.08. The monoisotopic (exact) mass is 325 g/mol. The van der Waals surface area contributed by atoms with Gasteiger partial charge in [0.2, 0.25) is 0 Å². The molecular weight excluding hydrogens is 313 g/mol. The maximum Gasteiger partial charge on any atom is 0.251 e. The molecule has 0 fully saturated rings. The van der Waals surface area contributed by atoms with Crippen molar-refractivity contribution in [2.24, 2.45) is 0 Å². The van der Waals surface area contributed by atoms with Crippen LogP contribution in [-0.4, -0.2) is 16.5 Å². The van der Waals surface area contributed by atoms with Crippen molar-refractivity contribution in [3.63, 3.8) is 0 Å². The molecule has 1 aromatic heterocycles. The second-order valence-corrected chi connectivity index (χ2v) is 4.94. The third-order valence-electron chi connectivity index (χ3n) is 2.49. The van der Waals surface area contributed by atoms with Crippen LogP contribution in [0.3, 0.4) is 0 Å². The molecule has 4 nitrogen and oxygen atoms in total. The quantitative estimate of drug-likeness (QED) is 0.907. The van der Waals surface area contributed by atoms with Crippen molar-refractivity contribution in [3.05, 3.63) is 50.6 Å². The predicted molar refractivity (Wildman–Crippen MR) is 75.3 cm³/mol. The van der Waals surface area contributed by atoms with Gasteiger partial charge in [0.25, 0.3) is 5.56 Å². The van der Waals surface area contributed by atoms with Crippen molar-refractivity contribution < 1.29 is 4.39 Å². The van der Waals surface area contributed by atoms with Crippen molar-refractivity contribution in [1.82, 2.24) is 15.3 Å². The molecule has 0 spiro atoms. The van der Waals surface area contributed by atoms with Gasteiger partial charge in [0, 0.05) is 22.6 Å². The zero-order valence-electron chi connectivity index (χ0n) is 10.3. The Labute approximate surface area is 118 Å². The van der Waals surface area contributed by atoms with Crippen LogP contribution in [0.25, 0.3) is 11.4 Å². The molecule has 0 amide bonds. The first-order valence-electron chi connectivity index (χ1n) is 5.86. The molecule has 2 aromatic rings. The highest BCUT2D eigenvalue weighted by Gasteiger charge is 2.06. The van der Waals surface area contributed by atoms with Crippen molar-refractivity contribution in [2.45, 2.75) is 13.5 Å². The summed E-state index contributed by atoms with van der Waals surface area (Å²) in [6, 6.07) is 5.82. The summed E-state index contributed by atoms with van der Waals surface area (Å²) < 4.78 is 14.0. The fraction of sp³-hybridized carbons (Fsp3) is 0.231. The van der Waals surface area contributed by atoms with Crippen LogP contribution < -0.4 is 10.9 Å². The van der Waals surface area contributed by atoms with Crippen molar-refractivity contribution in [1.29, 1.82) is 0 Å². The van der Waals surface area contributed by atoms with E-state index in [2.05, 4.69) is 31.2 Å². The minimum atomic E-state index is -0.385. The molecule has 0 aliphatic heterocycles. The number of hydrogen-bond acceptors (Lipinski definition) is 3. The molecule has 0 aliphatic carbocycles. The minimum Gasteiger partial charge on any atom is -0.311 e. The topological polar surface area (TPSA) is 57.8 Å². The second-order valence-electron chi connectivity index (χ2n) is 4.02. The zero-order chi connectivity index (χ0) is 13.8. The number of benzene rings is 1. The van der Waals surface area contributed by atoms with Crippen LogP contribution in [0, 0.1) is 5.82 Å². The van der Waals surface area contributed by atoms with Crippen LogP contribution in [0.15, 0.2) is 33.5 Å². The summed E-state index contributed by atoms with van der Waals surface area (Å²) >= 11 is 3.22. The van der Waals surface area contributed by atoms with Gasteiger partial charge in [-0.2, -0.15) is 0 Å². The minimum absolute atomic E-state index is 0.252. The average Bonchev–Trinajstić information content (AvgIpc) is 2.34. The van der Waals surface area contributed by atoms with E-state index >= 15 is 0 Å². The number of rotatable bonds is 4. The fourth-order valence-corrected chi connectivity index (χ4v) is 2.14. The Kier molecular flexibility index (Phi) is 4.44. The van der Waals surface area contributed by atoms with Crippen molar-refractivity contribution >= 4 is 15.9 Å². The first kappa shape index (κ1) is 13.9. The van der Waals surface area contributed by atoms with E-state index in [-0.39, 0.29) is 11.4 Å². The lowest BCUT2D eigenvalue weighted by Crippen LogP contribution is -2.17. The van der Waals surface area contributed by atoms with Gasteiger partial charge >= 0.3 is 0 Å². The molecule has 6 heteroatoms. The third-order valence-corrected chi connectivity index (χ3v) is 2.94. The van der Waals surface area contributed by atoms with Crippen LogP contribution in [0.1, 0.15) is 12.6 Å². The van der Waals surface area contributed by atoms with E-state index in [4.69, 9.17) is 0 Å². The Morgan fingerprint density at radius 2 is 2.16 bits per heavy atom. The van der Waals surface area contributed by atoms with Gasteiger partial charge in [0.15, 0.2) is 0 Å². The largest absolute Gasteiger partial charge is 0.311 e. The summed E-state index contributed by atoms with van der Waals surface area (Å²) in [6.45, 7) is 3.26. The highest BCUT2D eigenvalue weighted by atomic mass is 79.9. The van der Waals surface area contributed by atoms with Crippen molar-refractivity contribution in [2.75, 3.05) is 6.54 Å². The summed E-state index contributed by atoms with van der Waals surface area (Å²) in [7, 11) is 0. The third kappa shape index (κ3) is 3.71. The Bertz CT molecular complexity index is 622. The van der Waals surface area contributed by atoms with Crippen molar-refractivity contribution in [3.8, 4) is 11.4 Å². The first-order chi connectivity index (χ1) is 9.08. The molecule has 2 N–H and O–H groups in total. The van der Waals surface area contributed by atoms with E-state index in [0.717, 1.165) is 6.54 Å². The molecular formula is C13H13BrFN3O. The summed E-state index contributed by atoms with van der Waals surface area (Å²) in [5.74, 6) is -0.0234. The Morgan fingerprint density at radius 3 is 2.84 bits per heavy atom. The number of halogens is 2. The molecule has 0 bridgehead atoms. The van der Waals surface area contributed by atoms with Crippen LogP contribution >= 0.6 is 15.9 Å². The van der Waals surface area contributed by atoms with Crippen LogP contribution in [0.2, 0.25) is 0 Å².